The number of H-pyrrole nitrogens is 1. The molecule has 0 aromatic carbocycles. The second kappa shape index (κ2) is 7.16. The minimum absolute atomic E-state index is 0.0377. The van der Waals surface area contributed by atoms with Crippen LogP contribution < -0.4 is 5.32 Å². The number of halogens is 2. The van der Waals surface area contributed by atoms with Crippen LogP contribution in [0.1, 0.15) is 55.7 Å². The van der Waals surface area contributed by atoms with Crippen LogP contribution in [0.3, 0.4) is 0 Å². The van der Waals surface area contributed by atoms with Crippen molar-refractivity contribution < 1.29 is 28.2 Å². The Labute approximate surface area is 155 Å². The summed E-state index contributed by atoms with van der Waals surface area (Å²) >= 11 is 0. The van der Waals surface area contributed by atoms with Crippen LogP contribution in [0.4, 0.5) is 8.78 Å². The first-order valence-electron chi connectivity index (χ1n) is 8.88. The van der Waals surface area contributed by atoms with Crippen LogP contribution in [0.25, 0.3) is 0 Å². The van der Waals surface area contributed by atoms with E-state index in [0.717, 1.165) is 6.07 Å². The van der Waals surface area contributed by atoms with Crippen molar-refractivity contribution in [3.63, 3.8) is 0 Å². The van der Waals surface area contributed by atoms with Gasteiger partial charge in [0.25, 0.3) is 12.3 Å². The molecule has 0 aliphatic carbocycles. The first-order chi connectivity index (χ1) is 12.6. The predicted molar refractivity (Wildman–Crippen MR) is 90.2 cm³/mol. The third-order valence-electron chi connectivity index (χ3n) is 5.45. The van der Waals surface area contributed by atoms with Gasteiger partial charge in [-0.2, -0.15) is 5.10 Å². The van der Waals surface area contributed by atoms with Gasteiger partial charge in [0.1, 0.15) is 11.8 Å². The molecular formula is C17H24F2N4O4. The van der Waals surface area contributed by atoms with E-state index in [1.165, 1.54) is 6.92 Å². The fourth-order valence-electron chi connectivity index (χ4n) is 3.97. The molecule has 1 aromatic heterocycles. The maximum atomic E-state index is 12.7. The van der Waals surface area contributed by atoms with Gasteiger partial charge in [0, 0.05) is 26.4 Å². The molecule has 27 heavy (non-hydrogen) atoms. The van der Waals surface area contributed by atoms with Crippen LogP contribution in [-0.2, 0) is 9.53 Å². The van der Waals surface area contributed by atoms with Crippen LogP contribution in [0.5, 0.6) is 0 Å². The summed E-state index contributed by atoms with van der Waals surface area (Å²) in [6, 6.07) is 1.07. The highest BCUT2D eigenvalue weighted by atomic mass is 19.3. The molecule has 2 amide bonds. The number of hydrogen-bond acceptors (Lipinski definition) is 5. The van der Waals surface area contributed by atoms with Gasteiger partial charge in [-0.15, -0.1) is 0 Å². The third kappa shape index (κ3) is 3.96. The molecule has 1 spiro atoms. The Kier molecular flexibility index (Phi) is 5.22. The number of rotatable bonds is 3. The summed E-state index contributed by atoms with van der Waals surface area (Å²) < 4.78 is 31.2. The predicted octanol–water partition coefficient (Wildman–Crippen LogP) is 0.998. The van der Waals surface area contributed by atoms with E-state index in [4.69, 9.17) is 4.74 Å². The summed E-state index contributed by atoms with van der Waals surface area (Å²) in [4.78, 5) is 25.6. The van der Waals surface area contributed by atoms with Gasteiger partial charge in [-0.25, -0.2) is 8.78 Å². The van der Waals surface area contributed by atoms with Crippen LogP contribution >= 0.6 is 0 Å². The van der Waals surface area contributed by atoms with Crippen molar-refractivity contribution in [2.24, 2.45) is 0 Å². The van der Waals surface area contributed by atoms with E-state index < -0.39 is 29.6 Å². The summed E-state index contributed by atoms with van der Waals surface area (Å²) in [7, 11) is 0. The lowest BCUT2D eigenvalue weighted by Crippen LogP contribution is -2.65. The van der Waals surface area contributed by atoms with E-state index >= 15 is 0 Å². The molecule has 2 fully saturated rings. The van der Waals surface area contributed by atoms with Gasteiger partial charge in [0.05, 0.1) is 17.7 Å². The fourth-order valence-corrected chi connectivity index (χ4v) is 3.97. The lowest BCUT2D eigenvalue weighted by Gasteiger charge is -2.51. The maximum Gasteiger partial charge on any atom is 0.279 e. The normalized spacial score (nSPS) is 27.8. The number of amides is 2. The molecular weight excluding hydrogens is 362 g/mol. The molecule has 8 nitrogen and oxygen atoms in total. The Morgan fingerprint density at radius 3 is 2.67 bits per heavy atom. The van der Waals surface area contributed by atoms with Gasteiger partial charge in [0.15, 0.2) is 5.69 Å². The molecule has 0 radical (unpaired) electrons. The van der Waals surface area contributed by atoms with Crippen LogP contribution in [0.15, 0.2) is 6.07 Å². The Morgan fingerprint density at radius 2 is 2.11 bits per heavy atom. The van der Waals surface area contributed by atoms with Gasteiger partial charge >= 0.3 is 0 Å². The zero-order valence-electron chi connectivity index (χ0n) is 15.3. The molecule has 1 aromatic rings. The van der Waals surface area contributed by atoms with Crippen LogP contribution in [0, 0.1) is 0 Å². The molecule has 2 aliphatic heterocycles. The molecule has 2 aliphatic rings. The van der Waals surface area contributed by atoms with E-state index in [0.29, 0.717) is 32.4 Å². The van der Waals surface area contributed by atoms with Crippen molar-refractivity contribution in [3.8, 4) is 0 Å². The number of aliphatic hydroxyl groups excluding tert-OH is 1. The molecule has 3 N–H and O–H groups in total. The lowest BCUT2D eigenvalue weighted by atomic mass is 9.74. The molecule has 0 unspecified atom stereocenters. The summed E-state index contributed by atoms with van der Waals surface area (Å²) in [5.74, 6) is -0.636. The highest BCUT2D eigenvalue weighted by Crippen LogP contribution is 2.40. The highest BCUT2D eigenvalue weighted by molar-refractivity contribution is 5.92. The smallest absolute Gasteiger partial charge is 0.279 e. The Morgan fingerprint density at radius 1 is 1.44 bits per heavy atom. The molecule has 150 valence electrons. The van der Waals surface area contributed by atoms with Crippen molar-refractivity contribution in [1.29, 1.82) is 0 Å². The van der Waals surface area contributed by atoms with Crippen LogP contribution in [0.2, 0.25) is 0 Å². The zero-order chi connectivity index (χ0) is 19.8. The van der Waals surface area contributed by atoms with E-state index in [1.807, 2.05) is 0 Å². The second-order valence-electron chi connectivity index (χ2n) is 7.59. The van der Waals surface area contributed by atoms with E-state index in [2.05, 4.69) is 15.5 Å². The largest absolute Gasteiger partial charge is 0.388 e. The quantitative estimate of drug-likeness (QED) is 0.718. The third-order valence-corrected chi connectivity index (χ3v) is 5.45. The Bertz CT molecular complexity index is 718. The number of aliphatic hydroxyl groups is 1. The molecule has 3 heterocycles. The van der Waals surface area contributed by atoms with E-state index in [1.54, 1.807) is 11.8 Å². The highest BCUT2D eigenvalue weighted by Gasteiger charge is 2.50. The van der Waals surface area contributed by atoms with Crippen molar-refractivity contribution in [2.75, 3.05) is 19.7 Å². The number of likely N-dealkylation sites (tertiary alicyclic amines) is 1. The Balaban J connectivity index is 1.65. The fraction of sp³-hybridized carbons (Fsp3) is 0.706. The lowest BCUT2D eigenvalue weighted by molar-refractivity contribution is -0.179. The summed E-state index contributed by atoms with van der Waals surface area (Å²) in [6.07, 6.45) is -2.05. The number of hydrogen-bond donors (Lipinski definition) is 3. The van der Waals surface area contributed by atoms with Crippen molar-refractivity contribution in [1.82, 2.24) is 20.4 Å². The SMILES string of the molecule is CC(=O)N[C@]1(C)CC2(CCN(C(=O)c3cc(C(F)F)[nH]n3)CC2)OC[C@H]1O. The number of nitrogens with zero attached hydrogens (tertiary/aromatic N) is 2. The average molecular weight is 386 g/mol. The molecule has 2 saturated heterocycles. The minimum atomic E-state index is -2.71. The molecule has 3 rings (SSSR count). The summed E-state index contributed by atoms with van der Waals surface area (Å²) in [5.41, 5.74) is -1.77. The topological polar surface area (TPSA) is 108 Å². The van der Waals surface area contributed by atoms with Crippen molar-refractivity contribution >= 4 is 11.8 Å². The van der Waals surface area contributed by atoms with E-state index in [-0.39, 0.29) is 23.9 Å². The average Bonchev–Trinajstić information content (AvgIpc) is 3.08. The monoisotopic (exact) mass is 386 g/mol. The molecule has 0 saturated carbocycles. The zero-order valence-corrected chi connectivity index (χ0v) is 15.3. The summed E-state index contributed by atoms with van der Waals surface area (Å²) in [6.45, 7) is 4.04. The number of piperidine rings is 1. The number of ether oxygens (including phenoxy) is 1. The molecule has 0 bridgehead atoms. The van der Waals surface area contributed by atoms with E-state index in [9.17, 15) is 23.5 Å². The van der Waals surface area contributed by atoms with Gasteiger partial charge in [-0.05, 0) is 25.8 Å². The summed E-state index contributed by atoms with van der Waals surface area (Å²) in [5, 5.41) is 18.9. The van der Waals surface area contributed by atoms with Gasteiger partial charge in [-0.1, -0.05) is 0 Å². The standard InChI is InChI=1S/C17H24F2N4O4/c1-10(24)20-16(2)9-17(27-8-13(16)25)3-5-23(6-4-17)15(26)12-7-11(14(18)19)21-22-12/h7,13-14,25H,3-6,8-9H2,1-2H3,(H,20,24)(H,21,22)/t13-,16-/m1/s1. The first-order valence-corrected chi connectivity index (χ1v) is 8.88. The first kappa shape index (κ1) is 19.7. The van der Waals surface area contributed by atoms with Gasteiger partial charge in [-0.3, -0.25) is 14.7 Å². The number of aromatic nitrogens is 2. The number of carbonyl (C=O) groups is 2. The number of alkyl halides is 2. The minimum Gasteiger partial charge on any atom is -0.388 e. The number of nitrogens with one attached hydrogen (secondary N) is 2. The van der Waals surface area contributed by atoms with Crippen molar-refractivity contribution in [3.05, 3.63) is 17.5 Å². The molecule has 10 heteroatoms. The second-order valence-corrected chi connectivity index (χ2v) is 7.59. The van der Waals surface area contributed by atoms with Gasteiger partial charge < -0.3 is 20.1 Å². The maximum absolute atomic E-state index is 12.7. The van der Waals surface area contributed by atoms with Crippen LogP contribution in [-0.4, -0.2) is 69.0 Å². The van der Waals surface area contributed by atoms with Gasteiger partial charge in [0.2, 0.25) is 5.91 Å². The van der Waals surface area contributed by atoms with Crippen molar-refractivity contribution in [2.45, 2.75) is 56.8 Å². The Hall–Kier alpha value is -2.07. The molecule has 2 atom stereocenters. The number of aromatic amines is 1. The number of carbonyl (C=O) groups excluding carboxylic acids is 2.